The minimum Gasteiger partial charge on any atom is -0.494 e. The van der Waals surface area contributed by atoms with E-state index < -0.39 is 5.97 Å². The highest BCUT2D eigenvalue weighted by Crippen LogP contribution is 2.23. The quantitative estimate of drug-likeness (QED) is 0.460. The fraction of sp³-hybridized carbons (Fsp3) is 0.211. The summed E-state index contributed by atoms with van der Waals surface area (Å²) in [4.78, 5) is 37.5. The highest BCUT2D eigenvalue weighted by molar-refractivity contribution is 6.21. The third kappa shape index (κ3) is 3.52. The molecule has 0 radical (unpaired) electrons. The van der Waals surface area contributed by atoms with Crippen LogP contribution < -0.4 is 9.47 Å². The molecule has 2 aromatic carbocycles. The molecule has 0 spiro atoms. The predicted molar refractivity (Wildman–Crippen MR) is 89.7 cm³/mol. The topological polar surface area (TPSA) is 72.9 Å². The molecule has 0 atom stereocenters. The summed E-state index contributed by atoms with van der Waals surface area (Å²) in [6, 6.07) is 13.3. The van der Waals surface area contributed by atoms with E-state index in [9.17, 15) is 14.4 Å². The number of esters is 1. The first-order chi connectivity index (χ1) is 12.1. The zero-order chi connectivity index (χ0) is 17.8. The Morgan fingerprint density at radius 2 is 1.48 bits per heavy atom. The fourth-order valence-corrected chi connectivity index (χ4v) is 2.60. The summed E-state index contributed by atoms with van der Waals surface area (Å²) in [5.74, 6) is -0.200. The van der Waals surface area contributed by atoms with E-state index in [4.69, 9.17) is 9.47 Å². The van der Waals surface area contributed by atoms with Crippen molar-refractivity contribution in [1.82, 2.24) is 4.90 Å². The van der Waals surface area contributed by atoms with Crippen LogP contribution in [0.4, 0.5) is 0 Å². The second kappa shape index (κ2) is 7.17. The van der Waals surface area contributed by atoms with Crippen LogP contribution in [-0.2, 0) is 4.79 Å². The fourth-order valence-electron chi connectivity index (χ4n) is 2.60. The van der Waals surface area contributed by atoms with Gasteiger partial charge >= 0.3 is 5.97 Å². The number of fused-ring (bicyclic) bond motifs is 1. The third-order valence-corrected chi connectivity index (χ3v) is 3.78. The maximum atomic E-state index is 12.2. The lowest BCUT2D eigenvalue weighted by atomic mass is 10.1. The lowest BCUT2D eigenvalue weighted by Crippen LogP contribution is -2.32. The molecule has 0 bridgehead atoms. The molecule has 1 aliphatic heterocycles. The molecule has 0 saturated carbocycles. The summed E-state index contributed by atoms with van der Waals surface area (Å²) >= 11 is 0. The number of carbonyl (C=O) groups is 3. The van der Waals surface area contributed by atoms with Crippen molar-refractivity contribution in [3.63, 3.8) is 0 Å². The van der Waals surface area contributed by atoms with Crippen LogP contribution >= 0.6 is 0 Å². The van der Waals surface area contributed by atoms with Crippen LogP contribution in [0.2, 0.25) is 0 Å². The molecule has 1 aliphatic rings. The summed E-state index contributed by atoms with van der Waals surface area (Å²) < 4.78 is 10.5. The zero-order valence-electron chi connectivity index (χ0n) is 13.7. The van der Waals surface area contributed by atoms with E-state index >= 15 is 0 Å². The Kier molecular flexibility index (Phi) is 4.79. The summed E-state index contributed by atoms with van der Waals surface area (Å²) in [5.41, 5.74) is 0.736. The minimum atomic E-state index is -0.513. The summed E-state index contributed by atoms with van der Waals surface area (Å²) in [6.07, 6.45) is -0.0708. The van der Waals surface area contributed by atoms with Crippen LogP contribution in [0.25, 0.3) is 0 Å². The smallest absolute Gasteiger partial charge is 0.312 e. The van der Waals surface area contributed by atoms with Gasteiger partial charge in [0.25, 0.3) is 11.8 Å². The first-order valence-electron chi connectivity index (χ1n) is 7.99. The largest absolute Gasteiger partial charge is 0.494 e. The summed E-state index contributed by atoms with van der Waals surface area (Å²) in [7, 11) is 0. The molecule has 6 heteroatoms. The number of carbonyl (C=O) groups excluding carboxylic acids is 3. The van der Waals surface area contributed by atoms with E-state index in [1.807, 2.05) is 6.92 Å². The molecule has 0 N–H and O–H groups in total. The number of benzene rings is 2. The van der Waals surface area contributed by atoms with Gasteiger partial charge in [0.15, 0.2) is 0 Å². The Labute approximate surface area is 145 Å². The lowest BCUT2D eigenvalue weighted by molar-refractivity contribution is -0.134. The van der Waals surface area contributed by atoms with E-state index in [2.05, 4.69) is 0 Å². The molecule has 128 valence electrons. The van der Waals surface area contributed by atoms with Crippen molar-refractivity contribution in [3.05, 3.63) is 59.7 Å². The summed E-state index contributed by atoms with van der Waals surface area (Å²) in [5, 5.41) is 0. The van der Waals surface area contributed by atoms with Crippen molar-refractivity contribution in [2.45, 2.75) is 13.3 Å². The molecule has 0 saturated heterocycles. The second-order valence-corrected chi connectivity index (χ2v) is 5.44. The van der Waals surface area contributed by atoms with Gasteiger partial charge in [-0.05, 0) is 43.3 Å². The Bertz CT molecular complexity index is 778. The molecule has 2 aromatic rings. The first-order valence-corrected chi connectivity index (χ1v) is 7.99. The van der Waals surface area contributed by atoms with Gasteiger partial charge in [0.1, 0.15) is 11.5 Å². The van der Waals surface area contributed by atoms with Crippen molar-refractivity contribution < 1.29 is 23.9 Å². The average molecular weight is 339 g/mol. The Morgan fingerprint density at radius 3 is 2.04 bits per heavy atom. The van der Waals surface area contributed by atoms with Gasteiger partial charge in [-0.3, -0.25) is 19.3 Å². The van der Waals surface area contributed by atoms with Crippen LogP contribution in [-0.4, -0.2) is 35.8 Å². The van der Waals surface area contributed by atoms with E-state index in [1.54, 1.807) is 48.5 Å². The number of imide groups is 1. The van der Waals surface area contributed by atoms with Crippen LogP contribution in [0.1, 0.15) is 34.1 Å². The highest BCUT2D eigenvalue weighted by Gasteiger charge is 2.35. The number of amides is 2. The Hall–Kier alpha value is -3.15. The number of nitrogens with zero attached hydrogens (tertiary/aromatic N) is 1. The number of hydrogen-bond acceptors (Lipinski definition) is 5. The van der Waals surface area contributed by atoms with Gasteiger partial charge in [-0.25, -0.2) is 0 Å². The zero-order valence-corrected chi connectivity index (χ0v) is 13.7. The van der Waals surface area contributed by atoms with Gasteiger partial charge in [-0.15, -0.1) is 0 Å². The summed E-state index contributed by atoms with van der Waals surface area (Å²) in [6.45, 7) is 2.43. The van der Waals surface area contributed by atoms with Crippen LogP contribution in [0, 0.1) is 0 Å². The molecular weight excluding hydrogens is 322 g/mol. The van der Waals surface area contributed by atoms with Crippen molar-refractivity contribution >= 4 is 17.8 Å². The van der Waals surface area contributed by atoms with Gasteiger partial charge in [-0.2, -0.15) is 0 Å². The molecule has 6 nitrogen and oxygen atoms in total. The molecule has 0 fully saturated rings. The van der Waals surface area contributed by atoms with E-state index in [0.29, 0.717) is 29.2 Å². The van der Waals surface area contributed by atoms with Gasteiger partial charge in [0, 0.05) is 6.54 Å². The molecule has 1 heterocycles. The molecule has 0 aliphatic carbocycles. The number of hydrogen-bond donors (Lipinski definition) is 0. The number of ether oxygens (including phenoxy) is 2. The van der Waals surface area contributed by atoms with Crippen LogP contribution in [0.15, 0.2) is 48.5 Å². The van der Waals surface area contributed by atoms with Gasteiger partial charge in [0.05, 0.1) is 24.2 Å². The highest BCUT2D eigenvalue weighted by atomic mass is 16.5. The molecule has 0 aromatic heterocycles. The third-order valence-electron chi connectivity index (χ3n) is 3.78. The van der Waals surface area contributed by atoms with Gasteiger partial charge in [0.2, 0.25) is 0 Å². The van der Waals surface area contributed by atoms with Gasteiger partial charge in [-0.1, -0.05) is 12.1 Å². The van der Waals surface area contributed by atoms with E-state index in [1.165, 1.54) is 0 Å². The molecule has 25 heavy (non-hydrogen) atoms. The standard InChI is InChI=1S/C19H17NO5/c1-2-24-13-7-9-14(10-8-13)25-17(21)11-12-20-18(22)15-5-3-4-6-16(15)19(20)23/h3-10H,2,11-12H2,1H3. The Balaban J connectivity index is 1.56. The predicted octanol–water partition coefficient (Wildman–Crippen LogP) is 2.68. The maximum absolute atomic E-state index is 12.2. The van der Waals surface area contributed by atoms with Crippen LogP contribution in [0.5, 0.6) is 11.5 Å². The minimum absolute atomic E-state index is 0.0117. The van der Waals surface area contributed by atoms with Gasteiger partial charge < -0.3 is 9.47 Å². The second-order valence-electron chi connectivity index (χ2n) is 5.44. The van der Waals surface area contributed by atoms with E-state index in [0.717, 1.165) is 4.90 Å². The number of rotatable bonds is 6. The van der Waals surface area contributed by atoms with Crippen LogP contribution in [0.3, 0.4) is 0 Å². The monoisotopic (exact) mass is 339 g/mol. The molecule has 0 unspecified atom stereocenters. The Morgan fingerprint density at radius 1 is 0.920 bits per heavy atom. The lowest BCUT2D eigenvalue weighted by Gasteiger charge is -2.13. The first kappa shape index (κ1) is 16.7. The van der Waals surface area contributed by atoms with E-state index in [-0.39, 0.29) is 24.8 Å². The van der Waals surface area contributed by atoms with Crippen molar-refractivity contribution in [2.75, 3.05) is 13.2 Å². The molecular formula is C19H17NO5. The maximum Gasteiger partial charge on any atom is 0.312 e. The average Bonchev–Trinajstić information content (AvgIpc) is 2.86. The SMILES string of the molecule is CCOc1ccc(OC(=O)CCN2C(=O)c3ccccc3C2=O)cc1. The van der Waals surface area contributed by atoms with Crippen molar-refractivity contribution in [1.29, 1.82) is 0 Å². The van der Waals surface area contributed by atoms with Crippen molar-refractivity contribution in [2.24, 2.45) is 0 Å². The molecule has 3 rings (SSSR count). The van der Waals surface area contributed by atoms with Crippen molar-refractivity contribution in [3.8, 4) is 11.5 Å². The normalized spacial score (nSPS) is 12.9. The molecule has 2 amide bonds.